The third-order valence-electron chi connectivity index (χ3n) is 3.83. The molecule has 0 N–H and O–H groups in total. The highest BCUT2D eigenvalue weighted by Crippen LogP contribution is 2.38. The SMILES string of the molecule is [2H]C([2H])([2H])n1c2ccncc2c2sc3[n+](c21)Cc1ncccc1-3. The smallest absolute Gasteiger partial charge is 0.264 e. The molecule has 0 saturated heterocycles. The summed E-state index contributed by atoms with van der Waals surface area (Å²) in [5, 5.41) is 1.94. The van der Waals surface area contributed by atoms with Crippen LogP contribution in [-0.4, -0.2) is 14.5 Å². The lowest BCUT2D eigenvalue weighted by Crippen LogP contribution is -2.32. The highest BCUT2D eigenvalue weighted by atomic mass is 32.1. The third-order valence-corrected chi connectivity index (χ3v) is 5.07. The Morgan fingerprint density at radius 2 is 2.40 bits per heavy atom. The number of hydrogen-bond acceptors (Lipinski definition) is 3. The lowest BCUT2D eigenvalue weighted by Gasteiger charge is -1.92. The van der Waals surface area contributed by atoms with Gasteiger partial charge in [0.1, 0.15) is 16.8 Å². The molecule has 0 atom stereocenters. The van der Waals surface area contributed by atoms with Gasteiger partial charge in [0.15, 0.2) is 5.01 Å². The zero-order chi connectivity index (χ0) is 15.8. The fourth-order valence-electron chi connectivity index (χ4n) is 2.94. The molecule has 4 aromatic heterocycles. The van der Waals surface area contributed by atoms with Crippen LogP contribution in [0.5, 0.6) is 0 Å². The average molecular weight is 282 g/mol. The lowest BCUT2D eigenvalue weighted by molar-refractivity contribution is -0.645. The van der Waals surface area contributed by atoms with Crippen molar-refractivity contribution in [1.82, 2.24) is 14.5 Å². The molecule has 0 aromatic carbocycles. The summed E-state index contributed by atoms with van der Waals surface area (Å²) in [7, 11) is 0. The molecule has 0 fully saturated rings. The van der Waals surface area contributed by atoms with Crippen molar-refractivity contribution in [1.29, 1.82) is 0 Å². The maximum Gasteiger partial charge on any atom is 0.301 e. The normalized spacial score (nSPS) is 15.9. The summed E-state index contributed by atoms with van der Waals surface area (Å²) in [6.07, 6.45) is 5.15. The molecule has 0 saturated carbocycles. The Morgan fingerprint density at radius 3 is 3.35 bits per heavy atom. The first-order chi connectivity index (χ1) is 11.1. The van der Waals surface area contributed by atoms with Crippen LogP contribution in [-0.2, 0) is 13.5 Å². The number of pyridine rings is 2. The topological polar surface area (TPSA) is 34.6 Å². The van der Waals surface area contributed by atoms with Crippen molar-refractivity contribution in [3.8, 4) is 10.6 Å². The summed E-state index contributed by atoms with van der Waals surface area (Å²) in [4.78, 5) is 8.60. The first-order valence-electron chi connectivity index (χ1n) is 7.81. The van der Waals surface area contributed by atoms with Crippen LogP contribution in [0.15, 0.2) is 36.8 Å². The summed E-state index contributed by atoms with van der Waals surface area (Å²) in [6.45, 7) is -1.64. The van der Waals surface area contributed by atoms with Gasteiger partial charge in [0, 0.05) is 24.7 Å². The van der Waals surface area contributed by atoms with Crippen molar-refractivity contribution < 1.29 is 8.68 Å². The van der Waals surface area contributed by atoms with Gasteiger partial charge in [0.25, 0.3) is 0 Å². The Balaban J connectivity index is 1.97. The Hall–Kier alpha value is -2.27. The van der Waals surface area contributed by atoms with E-state index >= 15 is 0 Å². The molecule has 0 spiro atoms. The third kappa shape index (κ3) is 1.10. The van der Waals surface area contributed by atoms with Gasteiger partial charge in [-0.1, -0.05) is 11.3 Å². The second-order valence-corrected chi connectivity index (χ2v) is 5.87. The van der Waals surface area contributed by atoms with Crippen LogP contribution in [0.1, 0.15) is 9.81 Å². The van der Waals surface area contributed by atoms with E-state index in [1.54, 1.807) is 36.0 Å². The molecule has 0 radical (unpaired) electrons. The van der Waals surface area contributed by atoms with E-state index in [2.05, 4.69) is 14.5 Å². The van der Waals surface area contributed by atoms with E-state index < -0.39 is 6.98 Å². The molecule has 5 rings (SSSR count). The molecule has 5 heteroatoms. The minimum absolute atomic E-state index is 0.603. The average Bonchev–Trinajstić information content (AvgIpc) is 3.13. The number of aromatic nitrogens is 4. The predicted octanol–water partition coefficient (Wildman–Crippen LogP) is 2.50. The molecule has 4 nitrogen and oxygen atoms in total. The van der Waals surface area contributed by atoms with E-state index in [1.807, 2.05) is 12.1 Å². The molecule has 5 heterocycles. The van der Waals surface area contributed by atoms with E-state index in [0.717, 1.165) is 32.0 Å². The fourth-order valence-corrected chi connectivity index (χ4v) is 4.25. The second kappa shape index (κ2) is 3.43. The summed E-state index contributed by atoms with van der Waals surface area (Å²) >= 11 is 1.61. The molecule has 0 unspecified atom stereocenters. The van der Waals surface area contributed by atoms with E-state index in [-0.39, 0.29) is 0 Å². The van der Waals surface area contributed by atoms with E-state index in [1.165, 1.54) is 4.57 Å². The van der Waals surface area contributed by atoms with Crippen LogP contribution < -0.4 is 4.57 Å². The van der Waals surface area contributed by atoms with E-state index in [0.29, 0.717) is 12.1 Å². The second-order valence-electron chi connectivity index (χ2n) is 4.87. The van der Waals surface area contributed by atoms with Gasteiger partial charge in [-0.3, -0.25) is 9.97 Å². The van der Waals surface area contributed by atoms with E-state index in [9.17, 15) is 0 Å². The van der Waals surface area contributed by atoms with E-state index in [4.69, 9.17) is 4.11 Å². The van der Waals surface area contributed by atoms with Gasteiger partial charge < -0.3 is 0 Å². The highest BCUT2D eigenvalue weighted by Gasteiger charge is 2.32. The van der Waals surface area contributed by atoms with Crippen molar-refractivity contribution in [2.75, 3.05) is 0 Å². The summed E-state index contributed by atoms with van der Waals surface area (Å²) in [6, 6.07) is 5.72. The van der Waals surface area contributed by atoms with Crippen molar-refractivity contribution in [3.05, 3.63) is 42.5 Å². The summed E-state index contributed by atoms with van der Waals surface area (Å²) in [5.41, 5.74) is 3.50. The molecule has 1 aliphatic heterocycles. The van der Waals surface area contributed by atoms with Crippen molar-refractivity contribution in [2.45, 2.75) is 6.54 Å². The van der Waals surface area contributed by atoms with Gasteiger partial charge in [-0.25, -0.2) is 9.13 Å². The molecule has 0 aliphatic carbocycles. The minimum Gasteiger partial charge on any atom is -0.264 e. The number of fused-ring (bicyclic) bond motifs is 7. The van der Waals surface area contributed by atoms with Crippen LogP contribution in [0.3, 0.4) is 0 Å². The first-order valence-corrected chi connectivity index (χ1v) is 7.13. The lowest BCUT2D eigenvalue weighted by atomic mass is 10.2. The predicted molar refractivity (Wildman–Crippen MR) is 78.6 cm³/mol. The molecule has 1 aliphatic rings. The zero-order valence-corrected chi connectivity index (χ0v) is 11.2. The highest BCUT2D eigenvalue weighted by molar-refractivity contribution is 7.22. The molecular formula is C15H11N4S+. The Bertz CT molecular complexity index is 1090. The Kier molecular flexibility index (Phi) is 1.39. The van der Waals surface area contributed by atoms with Gasteiger partial charge in [0.2, 0.25) is 0 Å². The number of rotatable bonds is 0. The maximum atomic E-state index is 7.97. The Labute approximate surface area is 123 Å². The Morgan fingerprint density at radius 1 is 1.40 bits per heavy atom. The van der Waals surface area contributed by atoms with Crippen LogP contribution in [0.2, 0.25) is 0 Å². The largest absolute Gasteiger partial charge is 0.301 e. The van der Waals surface area contributed by atoms with Gasteiger partial charge in [0.05, 0.1) is 27.7 Å². The minimum atomic E-state index is -2.24. The number of thiazole rings is 1. The van der Waals surface area contributed by atoms with Crippen LogP contribution >= 0.6 is 11.3 Å². The van der Waals surface area contributed by atoms with Crippen LogP contribution in [0, 0.1) is 0 Å². The first kappa shape index (κ1) is 8.11. The fraction of sp³-hybridized carbons (Fsp3) is 0.133. The summed E-state index contributed by atoms with van der Waals surface area (Å²) < 4.78 is 28.4. The maximum absolute atomic E-state index is 7.97. The number of hydrogen-bond donors (Lipinski definition) is 0. The van der Waals surface area contributed by atoms with Gasteiger partial charge in [-0.2, -0.15) is 0 Å². The quantitative estimate of drug-likeness (QED) is 0.409. The van der Waals surface area contributed by atoms with Gasteiger partial charge in [-0.05, 0) is 12.1 Å². The van der Waals surface area contributed by atoms with Gasteiger partial charge in [-0.15, -0.1) is 0 Å². The zero-order valence-electron chi connectivity index (χ0n) is 13.4. The molecule has 4 aromatic rings. The molecule has 20 heavy (non-hydrogen) atoms. The molecule has 0 amide bonds. The van der Waals surface area contributed by atoms with Crippen molar-refractivity contribution >= 4 is 32.6 Å². The monoisotopic (exact) mass is 282 g/mol. The molecule has 96 valence electrons. The standard InChI is InChI=1S/C15H11N4S/c1-18-12-4-6-16-7-10(12)13-14(18)19-8-11-9(15(19)20-13)3-2-5-17-11/h2-7H,8H2,1H3/q+1/i1D3. The molecular weight excluding hydrogens is 268 g/mol. The van der Waals surface area contributed by atoms with Crippen molar-refractivity contribution in [3.63, 3.8) is 0 Å². The number of nitrogens with zero attached hydrogens (tertiary/aromatic N) is 4. The van der Waals surface area contributed by atoms with Gasteiger partial charge >= 0.3 is 5.65 Å². The molecule has 0 bridgehead atoms. The van der Waals surface area contributed by atoms with Crippen LogP contribution in [0.25, 0.3) is 31.8 Å². The van der Waals surface area contributed by atoms with Crippen molar-refractivity contribution in [2.24, 2.45) is 6.98 Å². The van der Waals surface area contributed by atoms with Crippen LogP contribution in [0.4, 0.5) is 0 Å². The number of aryl methyl sites for hydroxylation is 1. The summed E-state index contributed by atoms with van der Waals surface area (Å²) in [5.74, 6) is 0.